The van der Waals surface area contributed by atoms with Crippen molar-refractivity contribution in [3.05, 3.63) is 50.1 Å². The van der Waals surface area contributed by atoms with Gasteiger partial charge in [-0.05, 0) is 61.4 Å². The number of nitrogens with zero attached hydrogens (tertiary/aromatic N) is 1. The molecular formula is C19H18BrN3O3S. The van der Waals surface area contributed by atoms with Gasteiger partial charge in [0.15, 0.2) is 0 Å². The number of anilines is 1. The van der Waals surface area contributed by atoms with E-state index < -0.39 is 17.5 Å². The van der Waals surface area contributed by atoms with Gasteiger partial charge in [-0.3, -0.25) is 14.5 Å². The molecule has 1 aliphatic carbocycles. The number of hydrogen-bond donors (Lipinski definition) is 2. The van der Waals surface area contributed by atoms with Gasteiger partial charge in [-0.2, -0.15) is 0 Å². The lowest BCUT2D eigenvalue weighted by molar-refractivity contribution is -0.134. The normalized spacial score (nSPS) is 21.3. The minimum atomic E-state index is -1.01. The lowest BCUT2D eigenvalue weighted by Crippen LogP contribution is -2.46. The molecule has 1 aromatic carbocycles. The van der Waals surface area contributed by atoms with Gasteiger partial charge in [0.2, 0.25) is 5.91 Å². The molecule has 27 heavy (non-hydrogen) atoms. The van der Waals surface area contributed by atoms with Crippen molar-refractivity contribution in [2.75, 3.05) is 11.9 Å². The van der Waals surface area contributed by atoms with E-state index in [1.54, 1.807) is 17.4 Å². The molecule has 6 nitrogen and oxygen atoms in total. The van der Waals surface area contributed by atoms with E-state index in [0.717, 1.165) is 38.2 Å². The maximum atomic E-state index is 13.1. The summed E-state index contributed by atoms with van der Waals surface area (Å²) < 4.78 is 0.945. The second-order valence-electron chi connectivity index (χ2n) is 6.85. The van der Waals surface area contributed by atoms with E-state index in [-0.39, 0.29) is 12.5 Å². The summed E-state index contributed by atoms with van der Waals surface area (Å²) in [5.41, 5.74) is 1.47. The van der Waals surface area contributed by atoms with Crippen molar-refractivity contribution in [1.29, 1.82) is 0 Å². The average Bonchev–Trinajstić information content (AvgIpc) is 3.19. The molecule has 140 valence electrons. The number of benzene rings is 1. The van der Waals surface area contributed by atoms with Gasteiger partial charge in [-0.25, -0.2) is 4.79 Å². The number of halogens is 1. The molecule has 0 bridgehead atoms. The maximum Gasteiger partial charge on any atom is 0.325 e. The molecule has 4 rings (SSSR count). The number of fused-ring (bicyclic) bond motifs is 2. The Morgan fingerprint density at radius 3 is 2.96 bits per heavy atom. The summed E-state index contributed by atoms with van der Waals surface area (Å²) >= 11 is 5.02. The van der Waals surface area contributed by atoms with Crippen molar-refractivity contribution in [3.8, 4) is 0 Å². The molecule has 2 aliphatic rings. The van der Waals surface area contributed by atoms with Gasteiger partial charge in [0.05, 0.1) is 0 Å². The number of aryl methyl sites for hydroxylation is 2. The molecule has 2 N–H and O–H groups in total. The molecule has 1 saturated heterocycles. The highest BCUT2D eigenvalue weighted by molar-refractivity contribution is 9.10. The van der Waals surface area contributed by atoms with Crippen LogP contribution < -0.4 is 10.6 Å². The third kappa shape index (κ3) is 3.06. The van der Waals surface area contributed by atoms with Crippen LogP contribution in [0.15, 0.2) is 34.1 Å². The van der Waals surface area contributed by atoms with Crippen LogP contribution in [0.25, 0.3) is 0 Å². The first kappa shape index (κ1) is 18.2. The highest BCUT2D eigenvalue weighted by atomic mass is 79.9. The highest BCUT2D eigenvalue weighted by Crippen LogP contribution is 2.42. The van der Waals surface area contributed by atoms with Crippen LogP contribution in [-0.4, -0.2) is 29.3 Å². The number of thiophene rings is 1. The summed E-state index contributed by atoms with van der Waals surface area (Å²) in [5.74, 6) is -0.743. The second kappa shape index (κ2) is 6.76. The number of amides is 4. The first-order valence-corrected chi connectivity index (χ1v) is 10.3. The van der Waals surface area contributed by atoms with E-state index in [4.69, 9.17) is 0 Å². The van der Waals surface area contributed by atoms with Crippen molar-refractivity contribution in [3.63, 3.8) is 0 Å². The molecule has 2 aromatic rings. The minimum Gasteiger partial charge on any atom is -0.325 e. The fraction of sp³-hybridized carbons (Fsp3) is 0.316. The molecule has 1 atom stereocenters. The zero-order valence-electron chi connectivity index (χ0n) is 14.7. The lowest BCUT2D eigenvalue weighted by atomic mass is 9.80. The molecule has 1 aliphatic heterocycles. The van der Waals surface area contributed by atoms with Crippen molar-refractivity contribution in [2.24, 2.45) is 0 Å². The van der Waals surface area contributed by atoms with E-state index in [9.17, 15) is 14.4 Å². The van der Waals surface area contributed by atoms with Crippen molar-refractivity contribution >= 4 is 50.8 Å². The van der Waals surface area contributed by atoms with E-state index in [1.165, 1.54) is 0 Å². The summed E-state index contributed by atoms with van der Waals surface area (Å²) in [4.78, 5) is 40.2. The fourth-order valence-corrected chi connectivity index (χ4v) is 5.00. The Bertz CT molecular complexity index is 957. The number of carbonyl (C=O) groups is 3. The topological polar surface area (TPSA) is 78.5 Å². The van der Waals surface area contributed by atoms with Crippen LogP contribution in [0.4, 0.5) is 10.5 Å². The Morgan fingerprint density at radius 1 is 1.37 bits per heavy atom. The maximum absolute atomic E-state index is 13.1. The number of carbonyl (C=O) groups excluding carboxylic acids is 3. The zero-order valence-corrected chi connectivity index (χ0v) is 17.1. The van der Waals surface area contributed by atoms with Crippen LogP contribution in [0, 0.1) is 6.92 Å². The van der Waals surface area contributed by atoms with Crippen LogP contribution in [0.1, 0.15) is 28.8 Å². The van der Waals surface area contributed by atoms with E-state index in [0.29, 0.717) is 12.1 Å². The Kier molecular flexibility index (Phi) is 4.55. The van der Waals surface area contributed by atoms with Gasteiger partial charge in [-0.1, -0.05) is 15.9 Å². The molecule has 8 heteroatoms. The first-order valence-electron chi connectivity index (χ1n) is 8.68. The minimum absolute atomic E-state index is 0.305. The third-order valence-electron chi connectivity index (χ3n) is 5.08. The third-order valence-corrected chi connectivity index (χ3v) is 6.95. The SMILES string of the molecule is Cc1cc(NC(=O)CN2C(=O)NC3(CCCc4sccc43)C2=O)ccc1Br. The average molecular weight is 448 g/mol. The lowest BCUT2D eigenvalue weighted by Gasteiger charge is -2.31. The van der Waals surface area contributed by atoms with Crippen LogP contribution in [0.2, 0.25) is 0 Å². The standard InChI is InChI=1S/C19H18BrN3O3S/c1-11-9-12(4-5-14(11)20)21-16(24)10-23-17(25)19(22-18(23)26)7-2-3-15-13(19)6-8-27-15/h4-6,8-9H,2-3,7,10H2,1H3,(H,21,24)(H,22,26). The van der Waals surface area contributed by atoms with Gasteiger partial charge >= 0.3 is 6.03 Å². The number of urea groups is 1. The molecule has 2 heterocycles. The Labute approximate surface area is 169 Å². The Hall–Kier alpha value is -2.19. The van der Waals surface area contributed by atoms with E-state index in [1.807, 2.05) is 30.5 Å². The molecule has 0 radical (unpaired) electrons. The number of hydrogen-bond acceptors (Lipinski definition) is 4. The monoisotopic (exact) mass is 447 g/mol. The van der Waals surface area contributed by atoms with Gasteiger partial charge in [0.1, 0.15) is 12.1 Å². The quantitative estimate of drug-likeness (QED) is 0.706. The molecular weight excluding hydrogens is 430 g/mol. The van der Waals surface area contributed by atoms with Crippen molar-refractivity contribution < 1.29 is 14.4 Å². The Balaban J connectivity index is 1.52. The largest absolute Gasteiger partial charge is 0.325 e. The smallest absolute Gasteiger partial charge is 0.325 e. The first-order chi connectivity index (χ1) is 12.9. The van der Waals surface area contributed by atoms with Gasteiger partial charge < -0.3 is 10.6 Å². The molecule has 1 unspecified atom stereocenters. The van der Waals surface area contributed by atoms with Gasteiger partial charge in [0.25, 0.3) is 5.91 Å². The highest BCUT2D eigenvalue weighted by Gasteiger charge is 2.54. The Morgan fingerprint density at radius 2 is 2.19 bits per heavy atom. The number of imide groups is 1. The number of rotatable bonds is 3. The van der Waals surface area contributed by atoms with Gasteiger partial charge in [-0.15, -0.1) is 11.3 Å². The molecule has 1 aromatic heterocycles. The molecule has 0 saturated carbocycles. The summed E-state index contributed by atoms with van der Waals surface area (Å²) in [7, 11) is 0. The van der Waals surface area contributed by atoms with E-state index in [2.05, 4.69) is 26.6 Å². The van der Waals surface area contributed by atoms with Crippen molar-refractivity contribution in [2.45, 2.75) is 31.7 Å². The second-order valence-corrected chi connectivity index (χ2v) is 8.70. The zero-order chi connectivity index (χ0) is 19.2. The van der Waals surface area contributed by atoms with Crippen LogP contribution in [0.5, 0.6) is 0 Å². The number of nitrogens with one attached hydrogen (secondary N) is 2. The van der Waals surface area contributed by atoms with Crippen LogP contribution in [0.3, 0.4) is 0 Å². The van der Waals surface area contributed by atoms with Crippen molar-refractivity contribution in [1.82, 2.24) is 10.2 Å². The fourth-order valence-electron chi connectivity index (χ4n) is 3.75. The summed E-state index contributed by atoms with van der Waals surface area (Å²) in [5, 5.41) is 7.55. The predicted octanol–water partition coefficient (Wildman–Crippen LogP) is 3.54. The molecule has 1 spiro atoms. The van der Waals surface area contributed by atoms with Gasteiger partial charge in [0, 0.05) is 20.6 Å². The van der Waals surface area contributed by atoms with E-state index >= 15 is 0 Å². The van der Waals surface area contributed by atoms with Crippen LogP contribution in [-0.2, 0) is 21.5 Å². The molecule has 4 amide bonds. The summed E-state index contributed by atoms with van der Waals surface area (Å²) in [6.45, 7) is 1.61. The predicted molar refractivity (Wildman–Crippen MR) is 107 cm³/mol. The summed E-state index contributed by atoms with van der Waals surface area (Å²) in [6.07, 6.45) is 2.31. The molecule has 1 fully saturated rings. The van der Waals surface area contributed by atoms with Crippen LogP contribution >= 0.6 is 27.3 Å². The summed E-state index contributed by atoms with van der Waals surface area (Å²) in [6, 6.07) is 6.83.